The maximum atomic E-state index is 9.43. The SMILES string of the molecule is CCCNC(C#N)(CC)CCCSc1cccc(Br)c1. The van der Waals surface area contributed by atoms with Crippen LogP contribution in [-0.2, 0) is 0 Å². The van der Waals surface area contributed by atoms with E-state index in [9.17, 15) is 5.26 Å². The monoisotopic (exact) mass is 354 g/mol. The number of thioether (sulfide) groups is 1. The van der Waals surface area contributed by atoms with Gasteiger partial charge in [-0.2, -0.15) is 5.26 Å². The van der Waals surface area contributed by atoms with Crippen LogP contribution in [0.15, 0.2) is 33.6 Å². The Morgan fingerprint density at radius 2 is 2.20 bits per heavy atom. The van der Waals surface area contributed by atoms with E-state index in [1.165, 1.54) is 4.90 Å². The maximum Gasteiger partial charge on any atom is 0.106 e. The molecular formula is C16H23BrN2S. The summed E-state index contributed by atoms with van der Waals surface area (Å²) in [5.74, 6) is 1.05. The Kier molecular flexibility index (Phi) is 8.28. The lowest BCUT2D eigenvalue weighted by atomic mass is 9.92. The van der Waals surface area contributed by atoms with Gasteiger partial charge in [-0.05, 0) is 56.2 Å². The van der Waals surface area contributed by atoms with Crippen molar-refractivity contribution in [2.24, 2.45) is 0 Å². The second-order valence-electron chi connectivity index (χ2n) is 4.88. The van der Waals surface area contributed by atoms with Crippen LogP contribution in [0, 0.1) is 11.3 Å². The maximum absolute atomic E-state index is 9.43. The summed E-state index contributed by atoms with van der Waals surface area (Å²) in [4.78, 5) is 1.28. The van der Waals surface area contributed by atoms with Crippen LogP contribution >= 0.6 is 27.7 Å². The molecule has 0 bridgehead atoms. The minimum atomic E-state index is -0.339. The van der Waals surface area contributed by atoms with Crippen molar-refractivity contribution < 1.29 is 0 Å². The van der Waals surface area contributed by atoms with Crippen molar-refractivity contribution in [2.75, 3.05) is 12.3 Å². The van der Waals surface area contributed by atoms with E-state index in [0.29, 0.717) is 0 Å². The summed E-state index contributed by atoms with van der Waals surface area (Å²) in [6.07, 6.45) is 3.90. The van der Waals surface area contributed by atoms with E-state index < -0.39 is 0 Å². The van der Waals surface area contributed by atoms with E-state index in [0.717, 1.165) is 42.5 Å². The first-order valence-electron chi connectivity index (χ1n) is 7.20. The largest absolute Gasteiger partial charge is 0.299 e. The first-order chi connectivity index (χ1) is 9.65. The Morgan fingerprint density at radius 3 is 2.80 bits per heavy atom. The number of rotatable bonds is 9. The predicted octanol–water partition coefficient (Wildman–Crippen LogP) is 4.99. The first-order valence-corrected chi connectivity index (χ1v) is 8.98. The zero-order chi connectivity index (χ0) is 14.8. The van der Waals surface area contributed by atoms with Crippen LogP contribution in [-0.4, -0.2) is 17.8 Å². The van der Waals surface area contributed by atoms with Crippen LogP contribution in [0.1, 0.15) is 39.5 Å². The summed E-state index contributed by atoms with van der Waals surface area (Å²) in [6, 6.07) is 10.8. The molecule has 0 amide bonds. The third-order valence-electron chi connectivity index (χ3n) is 3.34. The van der Waals surface area contributed by atoms with Crippen molar-refractivity contribution in [3.05, 3.63) is 28.7 Å². The molecule has 1 aromatic carbocycles. The minimum Gasteiger partial charge on any atom is -0.299 e. The summed E-state index contributed by atoms with van der Waals surface area (Å²) in [7, 11) is 0. The fourth-order valence-corrected chi connectivity index (χ4v) is 3.51. The molecule has 20 heavy (non-hydrogen) atoms. The van der Waals surface area contributed by atoms with Crippen LogP contribution in [0.5, 0.6) is 0 Å². The molecule has 1 atom stereocenters. The lowest BCUT2D eigenvalue weighted by Gasteiger charge is -2.26. The van der Waals surface area contributed by atoms with Gasteiger partial charge in [-0.3, -0.25) is 5.32 Å². The number of halogens is 1. The summed E-state index contributed by atoms with van der Waals surface area (Å²) in [5.41, 5.74) is -0.339. The quantitative estimate of drug-likeness (QED) is 0.501. The van der Waals surface area contributed by atoms with E-state index in [1.807, 2.05) is 17.8 Å². The van der Waals surface area contributed by atoms with E-state index in [1.54, 1.807) is 0 Å². The van der Waals surface area contributed by atoms with Crippen LogP contribution in [0.3, 0.4) is 0 Å². The average molecular weight is 355 g/mol. The van der Waals surface area contributed by atoms with E-state index in [-0.39, 0.29) is 5.54 Å². The molecule has 0 saturated carbocycles. The number of nitrogens with zero attached hydrogens (tertiary/aromatic N) is 1. The van der Waals surface area contributed by atoms with Crippen molar-refractivity contribution in [2.45, 2.75) is 50.0 Å². The van der Waals surface area contributed by atoms with Gasteiger partial charge in [0.2, 0.25) is 0 Å². The number of hydrogen-bond donors (Lipinski definition) is 1. The van der Waals surface area contributed by atoms with Gasteiger partial charge < -0.3 is 0 Å². The fraction of sp³-hybridized carbons (Fsp3) is 0.562. The lowest BCUT2D eigenvalue weighted by molar-refractivity contribution is 0.371. The molecule has 4 heteroatoms. The second kappa shape index (κ2) is 9.44. The van der Waals surface area contributed by atoms with Crippen molar-refractivity contribution in [3.8, 4) is 6.07 Å². The molecule has 1 unspecified atom stereocenters. The number of nitriles is 1. The summed E-state index contributed by atoms with van der Waals surface area (Å²) in [5, 5.41) is 12.8. The van der Waals surface area contributed by atoms with Gasteiger partial charge in [0.15, 0.2) is 0 Å². The third kappa shape index (κ3) is 5.87. The first kappa shape index (κ1) is 17.6. The molecule has 0 aliphatic carbocycles. The molecule has 0 spiro atoms. The van der Waals surface area contributed by atoms with Crippen molar-refractivity contribution in [1.82, 2.24) is 5.32 Å². The lowest BCUT2D eigenvalue weighted by Crippen LogP contribution is -2.43. The topological polar surface area (TPSA) is 35.8 Å². The van der Waals surface area contributed by atoms with Crippen LogP contribution in [0.25, 0.3) is 0 Å². The molecular weight excluding hydrogens is 332 g/mol. The predicted molar refractivity (Wildman–Crippen MR) is 91.0 cm³/mol. The van der Waals surface area contributed by atoms with Gasteiger partial charge in [-0.25, -0.2) is 0 Å². The molecule has 1 N–H and O–H groups in total. The molecule has 0 saturated heterocycles. The molecule has 110 valence electrons. The number of hydrogen-bond acceptors (Lipinski definition) is 3. The Morgan fingerprint density at radius 1 is 1.40 bits per heavy atom. The van der Waals surface area contributed by atoms with Gasteiger partial charge in [-0.1, -0.05) is 35.8 Å². The summed E-state index contributed by atoms with van der Waals surface area (Å²) >= 11 is 5.34. The van der Waals surface area contributed by atoms with Gasteiger partial charge in [0.05, 0.1) is 6.07 Å². The van der Waals surface area contributed by atoms with Crippen LogP contribution in [0.4, 0.5) is 0 Å². The van der Waals surface area contributed by atoms with Gasteiger partial charge in [0.1, 0.15) is 5.54 Å². The van der Waals surface area contributed by atoms with Gasteiger partial charge in [-0.15, -0.1) is 11.8 Å². The Balaban J connectivity index is 2.39. The molecule has 0 fully saturated rings. The Labute approximate surface area is 135 Å². The molecule has 1 aromatic rings. The normalized spacial score (nSPS) is 13.7. The van der Waals surface area contributed by atoms with Crippen LogP contribution < -0.4 is 5.32 Å². The zero-order valence-electron chi connectivity index (χ0n) is 12.3. The smallest absolute Gasteiger partial charge is 0.106 e. The molecule has 1 rings (SSSR count). The highest BCUT2D eigenvalue weighted by Crippen LogP contribution is 2.25. The molecule has 0 aromatic heterocycles. The van der Waals surface area contributed by atoms with Gasteiger partial charge >= 0.3 is 0 Å². The molecule has 0 aliphatic heterocycles. The number of nitrogens with one attached hydrogen (secondary N) is 1. The summed E-state index contributed by atoms with van der Waals surface area (Å²) in [6.45, 7) is 5.14. The van der Waals surface area contributed by atoms with Crippen molar-refractivity contribution >= 4 is 27.7 Å². The Hall–Kier alpha value is -0.500. The van der Waals surface area contributed by atoms with E-state index in [2.05, 4.69) is 59.4 Å². The van der Waals surface area contributed by atoms with Crippen LogP contribution in [0.2, 0.25) is 0 Å². The fourth-order valence-electron chi connectivity index (χ4n) is 2.05. The van der Waals surface area contributed by atoms with E-state index in [4.69, 9.17) is 0 Å². The molecule has 2 nitrogen and oxygen atoms in total. The van der Waals surface area contributed by atoms with Crippen molar-refractivity contribution in [1.29, 1.82) is 5.26 Å². The highest BCUT2D eigenvalue weighted by molar-refractivity contribution is 9.10. The average Bonchev–Trinajstić information content (AvgIpc) is 2.47. The third-order valence-corrected chi connectivity index (χ3v) is 4.92. The highest BCUT2D eigenvalue weighted by Gasteiger charge is 2.25. The van der Waals surface area contributed by atoms with Crippen molar-refractivity contribution in [3.63, 3.8) is 0 Å². The number of benzene rings is 1. The zero-order valence-corrected chi connectivity index (χ0v) is 14.7. The standard InChI is InChI=1S/C16H23BrN2S/c1-3-10-19-16(4-2,13-18)9-6-11-20-15-8-5-7-14(17)12-15/h5,7-8,12,19H,3-4,6,9-11H2,1-2H3. The van der Waals surface area contributed by atoms with Gasteiger partial charge in [0.25, 0.3) is 0 Å². The minimum absolute atomic E-state index is 0.339. The van der Waals surface area contributed by atoms with E-state index >= 15 is 0 Å². The van der Waals surface area contributed by atoms with Gasteiger partial charge in [0, 0.05) is 9.37 Å². The highest BCUT2D eigenvalue weighted by atomic mass is 79.9. The second-order valence-corrected chi connectivity index (χ2v) is 6.97. The summed E-state index contributed by atoms with van der Waals surface area (Å²) < 4.78 is 1.12. The molecule has 0 radical (unpaired) electrons. The molecule has 0 heterocycles. The molecule has 0 aliphatic rings. The Bertz CT molecular complexity index is 444.